The number of thiophene rings is 1. The number of nitrogen functional groups attached to an aromatic ring is 1. The van der Waals surface area contributed by atoms with Crippen molar-refractivity contribution in [1.29, 1.82) is 5.26 Å². The van der Waals surface area contributed by atoms with Gasteiger partial charge in [-0.05, 0) is 13.3 Å². The lowest BCUT2D eigenvalue weighted by molar-refractivity contribution is 0.0533. The normalized spacial score (nSPS) is 18.4. The molecule has 3 N–H and O–H groups in total. The van der Waals surface area contributed by atoms with Crippen LogP contribution in [0.15, 0.2) is 0 Å². The van der Waals surface area contributed by atoms with Crippen molar-refractivity contribution < 1.29 is 14.6 Å². The number of hydrogen-bond acceptors (Lipinski definition) is 7. The van der Waals surface area contributed by atoms with E-state index in [1.807, 2.05) is 11.0 Å². The van der Waals surface area contributed by atoms with Crippen molar-refractivity contribution in [1.82, 2.24) is 0 Å². The Kier molecular flexibility index (Phi) is 3.93. The molecule has 0 aliphatic carbocycles. The number of aliphatic hydroxyl groups excluding tert-OH is 1. The minimum Gasteiger partial charge on any atom is -0.462 e. The van der Waals surface area contributed by atoms with Gasteiger partial charge in [-0.3, -0.25) is 0 Å². The first-order chi connectivity index (χ1) is 9.08. The first kappa shape index (κ1) is 13.6. The Morgan fingerprint density at radius 1 is 1.74 bits per heavy atom. The van der Waals surface area contributed by atoms with Crippen LogP contribution in [0.2, 0.25) is 0 Å². The van der Waals surface area contributed by atoms with Crippen LogP contribution < -0.4 is 10.6 Å². The summed E-state index contributed by atoms with van der Waals surface area (Å²) in [7, 11) is 0. The maximum absolute atomic E-state index is 11.8. The van der Waals surface area contributed by atoms with Gasteiger partial charge in [0.05, 0.1) is 18.4 Å². The molecule has 1 unspecified atom stereocenters. The third-order valence-electron chi connectivity index (χ3n) is 2.95. The SMILES string of the molecule is CCOC(=O)c1sc(N2CCC(O)C2)c(C#N)c1N. The number of nitrogens with zero attached hydrogens (tertiary/aromatic N) is 2. The Balaban J connectivity index is 2.37. The molecule has 1 aliphatic rings. The molecule has 1 aliphatic heterocycles. The number of aliphatic hydroxyl groups is 1. The predicted molar refractivity (Wildman–Crippen MR) is 72.2 cm³/mol. The van der Waals surface area contributed by atoms with Gasteiger partial charge in [0, 0.05) is 13.1 Å². The fourth-order valence-electron chi connectivity index (χ4n) is 2.04. The van der Waals surface area contributed by atoms with Crippen LogP contribution in [0.4, 0.5) is 10.7 Å². The number of hydrogen-bond donors (Lipinski definition) is 2. The minimum atomic E-state index is -0.507. The second-order valence-corrected chi connectivity index (χ2v) is 5.24. The van der Waals surface area contributed by atoms with Gasteiger partial charge in [-0.1, -0.05) is 0 Å². The summed E-state index contributed by atoms with van der Waals surface area (Å²) in [6, 6.07) is 2.03. The Hall–Kier alpha value is -1.78. The van der Waals surface area contributed by atoms with Gasteiger partial charge in [0.25, 0.3) is 0 Å². The number of esters is 1. The number of β-amino-alcohol motifs (C(OH)–C–C–N with tert-alkyl or cyclic N) is 1. The van der Waals surface area contributed by atoms with E-state index < -0.39 is 12.1 Å². The highest BCUT2D eigenvalue weighted by atomic mass is 32.1. The van der Waals surface area contributed by atoms with Crippen LogP contribution >= 0.6 is 11.3 Å². The van der Waals surface area contributed by atoms with Crippen LogP contribution in [0.5, 0.6) is 0 Å². The van der Waals surface area contributed by atoms with E-state index in [0.717, 1.165) is 11.3 Å². The zero-order chi connectivity index (χ0) is 14.0. The molecule has 0 amide bonds. The molecule has 102 valence electrons. The van der Waals surface area contributed by atoms with Crippen LogP contribution in [0.25, 0.3) is 0 Å². The van der Waals surface area contributed by atoms with Crippen molar-refractivity contribution >= 4 is 28.0 Å². The van der Waals surface area contributed by atoms with Crippen molar-refractivity contribution in [2.45, 2.75) is 19.4 Å². The lowest BCUT2D eigenvalue weighted by Gasteiger charge is -2.15. The largest absolute Gasteiger partial charge is 0.462 e. The molecular weight excluding hydrogens is 266 g/mol. The van der Waals surface area contributed by atoms with Gasteiger partial charge in [-0.25, -0.2) is 4.79 Å². The van der Waals surface area contributed by atoms with Gasteiger partial charge in [-0.2, -0.15) is 5.26 Å². The second-order valence-electron chi connectivity index (χ2n) is 4.25. The highest BCUT2D eigenvalue weighted by Gasteiger charge is 2.29. The molecule has 0 spiro atoms. The van der Waals surface area contributed by atoms with Gasteiger partial charge >= 0.3 is 5.97 Å². The molecule has 0 aromatic carbocycles. The number of rotatable bonds is 3. The van der Waals surface area contributed by atoms with Gasteiger partial charge in [-0.15, -0.1) is 11.3 Å². The lowest BCUT2D eigenvalue weighted by Crippen LogP contribution is -2.20. The predicted octanol–water partition coefficient (Wildman–Crippen LogP) is 0.950. The summed E-state index contributed by atoms with van der Waals surface area (Å²) < 4.78 is 4.92. The van der Waals surface area contributed by atoms with Crippen molar-refractivity contribution in [2.75, 3.05) is 30.3 Å². The second kappa shape index (κ2) is 5.47. The number of carbonyl (C=O) groups is 1. The zero-order valence-corrected chi connectivity index (χ0v) is 11.4. The van der Waals surface area contributed by atoms with E-state index in [4.69, 9.17) is 10.5 Å². The molecule has 0 bridgehead atoms. The fraction of sp³-hybridized carbons (Fsp3) is 0.500. The van der Waals surface area contributed by atoms with Gasteiger partial charge in [0.2, 0.25) is 0 Å². The maximum atomic E-state index is 11.8. The van der Waals surface area contributed by atoms with Gasteiger partial charge < -0.3 is 20.5 Å². The van der Waals surface area contributed by atoms with E-state index >= 15 is 0 Å². The van der Waals surface area contributed by atoms with E-state index in [0.29, 0.717) is 30.1 Å². The molecule has 0 radical (unpaired) electrons. The third-order valence-corrected chi connectivity index (χ3v) is 4.20. The molecule has 1 aromatic heterocycles. The summed E-state index contributed by atoms with van der Waals surface area (Å²) in [5, 5.41) is 19.4. The number of ether oxygens (including phenoxy) is 1. The summed E-state index contributed by atoms with van der Waals surface area (Å²) >= 11 is 1.15. The van der Waals surface area contributed by atoms with Crippen LogP contribution in [-0.4, -0.2) is 36.9 Å². The van der Waals surface area contributed by atoms with E-state index in [2.05, 4.69) is 0 Å². The molecule has 7 heteroatoms. The smallest absolute Gasteiger partial charge is 0.350 e. The van der Waals surface area contributed by atoms with Crippen LogP contribution in [-0.2, 0) is 4.74 Å². The third kappa shape index (κ3) is 2.50. The maximum Gasteiger partial charge on any atom is 0.350 e. The Bertz CT molecular complexity index is 535. The van der Waals surface area contributed by atoms with E-state index in [-0.39, 0.29) is 17.2 Å². The summed E-state index contributed by atoms with van der Waals surface area (Å²) in [4.78, 5) is 13.9. The van der Waals surface area contributed by atoms with Crippen molar-refractivity contribution in [3.63, 3.8) is 0 Å². The lowest BCUT2D eigenvalue weighted by atomic mass is 10.2. The van der Waals surface area contributed by atoms with Crippen LogP contribution in [0, 0.1) is 11.3 Å². The summed E-state index contributed by atoms with van der Waals surface area (Å²) in [5.41, 5.74) is 6.31. The highest BCUT2D eigenvalue weighted by molar-refractivity contribution is 7.18. The van der Waals surface area contributed by atoms with Gasteiger partial charge in [0.1, 0.15) is 21.5 Å². The van der Waals surface area contributed by atoms with Crippen LogP contribution in [0.1, 0.15) is 28.6 Å². The number of carbonyl (C=O) groups excluding carboxylic acids is 1. The molecule has 1 atom stereocenters. The average molecular weight is 281 g/mol. The van der Waals surface area contributed by atoms with Crippen LogP contribution in [0.3, 0.4) is 0 Å². The number of anilines is 2. The standard InChI is InChI=1S/C12H15N3O3S/c1-2-18-12(17)10-9(14)8(5-13)11(19-10)15-4-3-7(16)6-15/h7,16H,2-4,6,14H2,1H3. The quantitative estimate of drug-likeness (QED) is 0.800. The molecule has 1 aromatic rings. The first-order valence-corrected chi connectivity index (χ1v) is 6.82. The van der Waals surface area contributed by atoms with Gasteiger partial charge in [0.15, 0.2) is 0 Å². The molecule has 19 heavy (non-hydrogen) atoms. The minimum absolute atomic E-state index is 0.169. The van der Waals surface area contributed by atoms with Crippen molar-refractivity contribution in [3.05, 3.63) is 10.4 Å². The molecular formula is C12H15N3O3S. The number of nitrogens with two attached hydrogens (primary N) is 1. The van der Waals surface area contributed by atoms with E-state index in [1.165, 1.54) is 0 Å². The van der Waals surface area contributed by atoms with Crippen molar-refractivity contribution in [3.8, 4) is 6.07 Å². The summed E-state index contributed by atoms with van der Waals surface area (Å²) in [5.74, 6) is -0.507. The first-order valence-electron chi connectivity index (χ1n) is 6.01. The van der Waals surface area contributed by atoms with Crippen molar-refractivity contribution in [2.24, 2.45) is 0 Å². The molecule has 1 fully saturated rings. The Labute approximate surface area is 115 Å². The topological polar surface area (TPSA) is 99.6 Å². The molecule has 0 saturated carbocycles. The summed E-state index contributed by atoms with van der Waals surface area (Å²) in [6.07, 6.45) is 0.248. The fourth-order valence-corrected chi connectivity index (χ4v) is 3.14. The Morgan fingerprint density at radius 2 is 2.47 bits per heavy atom. The van der Waals surface area contributed by atoms with E-state index in [9.17, 15) is 15.2 Å². The Morgan fingerprint density at radius 3 is 3.00 bits per heavy atom. The molecule has 2 heterocycles. The molecule has 6 nitrogen and oxygen atoms in total. The molecule has 2 rings (SSSR count). The monoisotopic (exact) mass is 281 g/mol. The van der Waals surface area contributed by atoms with E-state index in [1.54, 1.807) is 6.92 Å². The zero-order valence-electron chi connectivity index (χ0n) is 10.5. The highest BCUT2D eigenvalue weighted by Crippen LogP contribution is 2.39. The average Bonchev–Trinajstić information content (AvgIpc) is 2.93. The number of nitriles is 1. The molecule has 1 saturated heterocycles. The summed E-state index contributed by atoms with van der Waals surface area (Å²) in [6.45, 7) is 3.08.